The summed E-state index contributed by atoms with van der Waals surface area (Å²) in [6.45, 7) is 5.27. The molecule has 1 rings (SSSR count). The standard InChI is InChI=1S/C34H59O7P/c1-4-6-8-10-12-14-16-21-27-40-42(37,41-28-22-17-15-13-11-9-7-5-2)30-32(34(36)38-3)25-26-33(35)39-29-31-23-19-18-20-24-31/h18-20,23-24,32H,4-17,21-22,25-30H2,1-3H3. The molecule has 0 aliphatic heterocycles. The molecule has 8 heteroatoms. The maximum Gasteiger partial charge on any atom is 0.331 e. The van der Waals surface area contributed by atoms with Gasteiger partial charge in [0, 0.05) is 6.42 Å². The second-order valence-corrected chi connectivity index (χ2v) is 13.4. The number of benzene rings is 1. The van der Waals surface area contributed by atoms with Crippen LogP contribution < -0.4 is 0 Å². The monoisotopic (exact) mass is 610 g/mol. The molecule has 0 aliphatic rings. The van der Waals surface area contributed by atoms with E-state index in [1.165, 1.54) is 71.3 Å². The zero-order chi connectivity index (χ0) is 30.7. The van der Waals surface area contributed by atoms with Crippen LogP contribution >= 0.6 is 7.60 Å². The Bertz CT molecular complexity index is 820. The third-order valence-electron chi connectivity index (χ3n) is 7.49. The first-order chi connectivity index (χ1) is 20.4. The van der Waals surface area contributed by atoms with Gasteiger partial charge < -0.3 is 18.5 Å². The van der Waals surface area contributed by atoms with Crippen molar-refractivity contribution in [1.82, 2.24) is 0 Å². The number of hydrogen-bond donors (Lipinski definition) is 0. The number of ether oxygens (including phenoxy) is 2. The van der Waals surface area contributed by atoms with Gasteiger partial charge in [-0.2, -0.15) is 0 Å². The van der Waals surface area contributed by atoms with E-state index in [0.29, 0.717) is 13.2 Å². The van der Waals surface area contributed by atoms with Gasteiger partial charge in [0.15, 0.2) is 0 Å². The number of esters is 2. The van der Waals surface area contributed by atoms with E-state index in [4.69, 9.17) is 18.5 Å². The zero-order valence-electron chi connectivity index (χ0n) is 26.8. The summed E-state index contributed by atoms with van der Waals surface area (Å²) >= 11 is 0. The Morgan fingerprint density at radius 1 is 0.714 bits per heavy atom. The van der Waals surface area contributed by atoms with Crippen molar-refractivity contribution in [3.05, 3.63) is 35.9 Å². The van der Waals surface area contributed by atoms with Gasteiger partial charge in [-0.3, -0.25) is 14.2 Å². The molecular formula is C34H59O7P. The predicted octanol–water partition coefficient (Wildman–Crippen LogP) is 9.81. The Morgan fingerprint density at radius 3 is 1.67 bits per heavy atom. The van der Waals surface area contributed by atoms with Crippen LogP contribution in [0.15, 0.2) is 30.3 Å². The smallest absolute Gasteiger partial charge is 0.331 e. The van der Waals surface area contributed by atoms with E-state index in [-0.39, 0.29) is 25.6 Å². The van der Waals surface area contributed by atoms with Gasteiger partial charge in [-0.25, -0.2) is 0 Å². The van der Waals surface area contributed by atoms with Crippen molar-refractivity contribution in [3.63, 3.8) is 0 Å². The summed E-state index contributed by atoms with van der Waals surface area (Å²) in [6.07, 6.45) is 18.5. The lowest BCUT2D eigenvalue weighted by Gasteiger charge is -2.23. The molecule has 1 aromatic carbocycles. The molecular weight excluding hydrogens is 551 g/mol. The molecule has 7 nitrogen and oxygen atoms in total. The Morgan fingerprint density at radius 2 is 1.19 bits per heavy atom. The lowest BCUT2D eigenvalue weighted by atomic mass is 10.1. The molecule has 0 aliphatic carbocycles. The van der Waals surface area contributed by atoms with Gasteiger partial charge in [0.2, 0.25) is 0 Å². The van der Waals surface area contributed by atoms with Crippen molar-refractivity contribution in [1.29, 1.82) is 0 Å². The quantitative estimate of drug-likeness (QED) is 0.0530. The molecule has 1 aromatic rings. The molecule has 0 fully saturated rings. The van der Waals surface area contributed by atoms with Gasteiger partial charge in [0.1, 0.15) is 6.61 Å². The minimum absolute atomic E-state index is 0.0165. The normalized spacial score (nSPS) is 12.3. The van der Waals surface area contributed by atoms with Crippen molar-refractivity contribution in [2.45, 2.75) is 136 Å². The molecule has 0 bridgehead atoms. The highest BCUT2D eigenvalue weighted by atomic mass is 31.2. The van der Waals surface area contributed by atoms with Gasteiger partial charge in [0.25, 0.3) is 0 Å². The Kier molecular flexibility index (Phi) is 23.5. The second-order valence-electron chi connectivity index (χ2n) is 11.3. The van der Waals surface area contributed by atoms with Crippen molar-refractivity contribution in [2.75, 3.05) is 26.5 Å². The third kappa shape index (κ3) is 20.3. The number of unbranched alkanes of at least 4 members (excludes halogenated alkanes) is 14. The Hall–Kier alpha value is -1.69. The maximum absolute atomic E-state index is 13.8. The summed E-state index contributed by atoms with van der Waals surface area (Å²) in [4.78, 5) is 25.0. The Labute approximate surface area is 256 Å². The average molecular weight is 611 g/mol. The fourth-order valence-electron chi connectivity index (χ4n) is 4.84. The van der Waals surface area contributed by atoms with Crippen molar-refractivity contribution < 1.29 is 32.7 Å². The summed E-state index contributed by atoms with van der Waals surface area (Å²) < 4.78 is 36.0. The highest BCUT2D eigenvalue weighted by molar-refractivity contribution is 7.53. The van der Waals surface area contributed by atoms with Gasteiger partial charge in [-0.1, -0.05) is 134 Å². The van der Waals surface area contributed by atoms with Crippen molar-refractivity contribution in [2.24, 2.45) is 5.92 Å². The second kappa shape index (κ2) is 25.8. The minimum Gasteiger partial charge on any atom is -0.469 e. The van der Waals surface area contributed by atoms with Crippen LogP contribution in [-0.2, 0) is 39.3 Å². The van der Waals surface area contributed by atoms with Gasteiger partial charge in [-0.15, -0.1) is 0 Å². The number of hydrogen-bond acceptors (Lipinski definition) is 7. The van der Waals surface area contributed by atoms with Crippen LogP contribution in [0.25, 0.3) is 0 Å². The fraction of sp³-hybridized carbons (Fsp3) is 0.765. The summed E-state index contributed by atoms with van der Waals surface area (Å²) in [5, 5.41) is 0. The van der Waals surface area contributed by atoms with E-state index in [1.807, 2.05) is 30.3 Å². The molecule has 0 heterocycles. The zero-order valence-corrected chi connectivity index (χ0v) is 27.7. The van der Waals surface area contributed by atoms with E-state index >= 15 is 0 Å². The molecule has 0 radical (unpaired) electrons. The molecule has 0 N–H and O–H groups in total. The van der Waals surface area contributed by atoms with Crippen molar-refractivity contribution in [3.8, 4) is 0 Å². The lowest BCUT2D eigenvalue weighted by Crippen LogP contribution is -2.23. The molecule has 0 spiro atoms. The van der Waals surface area contributed by atoms with E-state index < -0.39 is 25.5 Å². The lowest BCUT2D eigenvalue weighted by molar-refractivity contribution is -0.147. The summed E-state index contributed by atoms with van der Waals surface area (Å²) in [5.74, 6) is -1.71. The van der Waals surface area contributed by atoms with E-state index in [2.05, 4.69) is 13.8 Å². The number of methoxy groups -OCH3 is 1. The van der Waals surface area contributed by atoms with Gasteiger partial charge >= 0.3 is 19.5 Å². The molecule has 242 valence electrons. The van der Waals surface area contributed by atoms with E-state index in [9.17, 15) is 14.2 Å². The SMILES string of the molecule is CCCCCCCCCCOP(=O)(CC(CCC(=O)OCc1ccccc1)C(=O)OC)OCCCCCCCCCC. The summed E-state index contributed by atoms with van der Waals surface area (Å²) in [7, 11) is -2.26. The van der Waals surface area contributed by atoms with Crippen molar-refractivity contribution >= 4 is 19.5 Å². The first kappa shape index (κ1) is 38.3. The van der Waals surface area contributed by atoms with Crippen LogP contribution in [0.2, 0.25) is 0 Å². The average Bonchev–Trinajstić information content (AvgIpc) is 3.00. The highest BCUT2D eigenvalue weighted by Gasteiger charge is 2.34. The molecule has 1 atom stereocenters. The first-order valence-corrected chi connectivity index (χ1v) is 18.3. The first-order valence-electron chi connectivity index (χ1n) is 16.6. The molecule has 0 aromatic heterocycles. The Balaban J connectivity index is 2.60. The van der Waals surface area contributed by atoms with Gasteiger partial charge in [0.05, 0.1) is 32.4 Å². The predicted molar refractivity (Wildman–Crippen MR) is 171 cm³/mol. The number of carbonyl (C=O) groups is 2. The largest absolute Gasteiger partial charge is 0.469 e. The fourth-order valence-corrected chi connectivity index (χ4v) is 6.82. The molecule has 42 heavy (non-hydrogen) atoms. The molecule has 0 amide bonds. The topological polar surface area (TPSA) is 88.1 Å². The van der Waals surface area contributed by atoms with Crippen LogP contribution in [0.1, 0.15) is 135 Å². The van der Waals surface area contributed by atoms with Crippen LogP contribution in [-0.4, -0.2) is 38.4 Å². The van der Waals surface area contributed by atoms with Crippen LogP contribution in [0.4, 0.5) is 0 Å². The van der Waals surface area contributed by atoms with Gasteiger partial charge in [-0.05, 0) is 24.8 Å². The maximum atomic E-state index is 13.8. The third-order valence-corrected chi connectivity index (χ3v) is 9.53. The minimum atomic E-state index is -3.56. The number of carbonyl (C=O) groups excluding carboxylic acids is 2. The van der Waals surface area contributed by atoms with Crippen LogP contribution in [0, 0.1) is 5.92 Å². The molecule has 0 saturated heterocycles. The van der Waals surface area contributed by atoms with Crippen LogP contribution in [0.3, 0.4) is 0 Å². The number of rotatable bonds is 28. The van der Waals surface area contributed by atoms with E-state index in [1.54, 1.807) is 0 Å². The van der Waals surface area contributed by atoms with E-state index in [0.717, 1.165) is 44.1 Å². The highest BCUT2D eigenvalue weighted by Crippen LogP contribution is 2.51. The molecule has 1 unspecified atom stereocenters. The molecule has 0 saturated carbocycles. The summed E-state index contributed by atoms with van der Waals surface area (Å²) in [5.41, 5.74) is 0.892. The summed E-state index contributed by atoms with van der Waals surface area (Å²) in [6, 6.07) is 9.44. The van der Waals surface area contributed by atoms with Crippen LogP contribution in [0.5, 0.6) is 0 Å².